The fourth-order valence-electron chi connectivity index (χ4n) is 2.32. The second-order valence-corrected chi connectivity index (χ2v) is 7.39. The van der Waals surface area contributed by atoms with Crippen molar-refractivity contribution in [3.63, 3.8) is 0 Å². The summed E-state index contributed by atoms with van der Waals surface area (Å²) in [6.45, 7) is 7.20. The number of hydrogen-bond acceptors (Lipinski definition) is 4. The van der Waals surface area contributed by atoms with E-state index in [4.69, 9.17) is 9.39 Å². The van der Waals surface area contributed by atoms with Gasteiger partial charge in [-0.3, -0.25) is 0 Å². The monoisotopic (exact) mass is 351 g/mol. The van der Waals surface area contributed by atoms with Crippen molar-refractivity contribution in [3.05, 3.63) is 48.8 Å². The number of ether oxygens (including phenoxy) is 1. The number of imidazole rings is 1. The van der Waals surface area contributed by atoms with Crippen LogP contribution < -0.4 is 10.2 Å². The average molecular weight is 351 g/mol. The SMILES string of the molecule is COc1ccc2nc(-c3ccc([B]OC(C)(C)C(C)(C)O)cc3)cn2c1. The van der Waals surface area contributed by atoms with Crippen molar-refractivity contribution in [3.8, 4) is 17.0 Å². The third-order valence-corrected chi connectivity index (χ3v) is 4.83. The maximum absolute atomic E-state index is 10.2. The lowest BCUT2D eigenvalue weighted by atomic mass is 9.82. The molecule has 0 fully saturated rings. The predicted octanol–water partition coefficient (Wildman–Crippen LogP) is 2.82. The number of aromatic nitrogens is 2. The molecule has 3 aromatic rings. The zero-order chi connectivity index (χ0) is 18.9. The van der Waals surface area contributed by atoms with Crippen LogP contribution in [0.3, 0.4) is 0 Å². The van der Waals surface area contributed by atoms with Crippen LogP contribution in [0.2, 0.25) is 0 Å². The van der Waals surface area contributed by atoms with Crippen LogP contribution in [0.4, 0.5) is 0 Å². The number of pyridine rings is 1. The van der Waals surface area contributed by atoms with Crippen molar-refractivity contribution in [1.29, 1.82) is 0 Å². The lowest BCUT2D eigenvalue weighted by Crippen LogP contribution is -2.49. The van der Waals surface area contributed by atoms with Gasteiger partial charge in [0.15, 0.2) is 0 Å². The lowest BCUT2D eigenvalue weighted by molar-refractivity contribution is -0.0893. The van der Waals surface area contributed by atoms with Gasteiger partial charge < -0.3 is 18.9 Å². The maximum atomic E-state index is 10.2. The van der Waals surface area contributed by atoms with Crippen LogP contribution in [-0.4, -0.2) is 40.3 Å². The van der Waals surface area contributed by atoms with E-state index in [1.807, 2.05) is 67.0 Å². The average Bonchev–Trinajstić information content (AvgIpc) is 3.02. The molecule has 2 heterocycles. The normalized spacial score (nSPS) is 12.4. The number of fused-ring (bicyclic) bond motifs is 1. The van der Waals surface area contributed by atoms with Crippen LogP contribution in [0.5, 0.6) is 5.75 Å². The van der Waals surface area contributed by atoms with Gasteiger partial charge in [0, 0.05) is 11.8 Å². The Morgan fingerprint density at radius 3 is 2.31 bits per heavy atom. The minimum atomic E-state index is -0.943. The highest BCUT2D eigenvalue weighted by Gasteiger charge is 2.35. The number of methoxy groups -OCH3 is 1. The highest BCUT2D eigenvalue weighted by atomic mass is 16.5. The molecule has 0 aliphatic heterocycles. The summed E-state index contributed by atoms with van der Waals surface area (Å²) < 4.78 is 13.0. The van der Waals surface area contributed by atoms with Crippen LogP contribution in [0.15, 0.2) is 48.8 Å². The van der Waals surface area contributed by atoms with Gasteiger partial charge >= 0.3 is 7.48 Å². The topological polar surface area (TPSA) is 56.0 Å². The summed E-state index contributed by atoms with van der Waals surface area (Å²) in [5, 5.41) is 10.2. The molecule has 135 valence electrons. The van der Waals surface area contributed by atoms with Gasteiger partial charge in [0.25, 0.3) is 0 Å². The third-order valence-electron chi connectivity index (χ3n) is 4.83. The van der Waals surface area contributed by atoms with Gasteiger partial charge in [0.1, 0.15) is 11.4 Å². The highest BCUT2D eigenvalue weighted by Crippen LogP contribution is 2.24. The van der Waals surface area contributed by atoms with E-state index in [0.29, 0.717) is 0 Å². The Bertz CT molecular complexity index is 896. The molecule has 0 saturated carbocycles. The third kappa shape index (κ3) is 3.76. The van der Waals surface area contributed by atoms with E-state index in [1.54, 1.807) is 28.4 Å². The minimum absolute atomic E-state index is 0.688. The number of hydrogen-bond donors (Lipinski definition) is 1. The summed E-state index contributed by atoms with van der Waals surface area (Å²) in [6.07, 6.45) is 3.88. The van der Waals surface area contributed by atoms with Crippen molar-refractivity contribution >= 4 is 18.6 Å². The molecule has 0 spiro atoms. The molecule has 2 aromatic heterocycles. The van der Waals surface area contributed by atoms with E-state index < -0.39 is 11.2 Å². The number of aliphatic hydroxyl groups is 1. The van der Waals surface area contributed by atoms with Crippen molar-refractivity contribution in [2.75, 3.05) is 7.11 Å². The Kier molecular flexibility index (Phi) is 4.82. The molecule has 0 unspecified atom stereocenters. The van der Waals surface area contributed by atoms with Crippen molar-refractivity contribution in [2.45, 2.75) is 38.9 Å². The molecule has 0 atom stereocenters. The zero-order valence-electron chi connectivity index (χ0n) is 15.9. The van der Waals surface area contributed by atoms with Gasteiger partial charge in [0.05, 0.1) is 30.2 Å². The molecule has 0 amide bonds. The van der Waals surface area contributed by atoms with Gasteiger partial charge in [0.2, 0.25) is 0 Å². The van der Waals surface area contributed by atoms with Crippen LogP contribution >= 0.6 is 0 Å². The van der Waals surface area contributed by atoms with E-state index in [-0.39, 0.29) is 0 Å². The number of rotatable bonds is 6. The van der Waals surface area contributed by atoms with E-state index in [9.17, 15) is 5.11 Å². The van der Waals surface area contributed by atoms with Gasteiger partial charge in [-0.05, 0) is 39.8 Å². The Hall–Kier alpha value is -2.31. The van der Waals surface area contributed by atoms with Gasteiger partial charge in [-0.2, -0.15) is 0 Å². The fraction of sp³-hybridized carbons (Fsp3) is 0.350. The number of benzene rings is 1. The Balaban J connectivity index is 1.75. The van der Waals surface area contributed by atoms with E-state index >= 15 is 0 Å². The summed E-state index contributed by atoms with van der Waals surface area (Å²) in [5.41, 5.74) is 2.07. The van der Waals surface area contributed by atoms with E-state index in [0.717, 1.165) is 28.1 Å². The van der Waals surface area contributed by atoms with Crippen LogP contribution in [-0.2, 0) is 4.65 Å². The molecule has 5 nitrogen and oxygen atoms in total. The Morgan fingerprint density at radius 1 is 1.00 bits per heavy atom. The molecule has 0 aliphatic carbocycles. The summed E-state index contributed by atoms with van der Waals surface area (Å²) in [6, 6.07) is 11.8. The lowest BCUT2D eigenvalue weighted by Gasteiger charge is -2.37. The first kappa shape index (κ1) is 18.5. The van der Waals surface area contributed by atoms with Crippen LogP contribution in [0.1, 0.15) is 27.7 Å². The maximum Gasteiger partial charge on any atom is 0.330 e. The summed E-state index contributed by atoms with van der Waals surface area (Å²) >= 11 is 0. The molecule has 0 aliphatic rings. The summed E-state index contributed by atoms with van der Waals surface area (Å²) in [5.74, 6) is 0.790. The van der Waals surface area contributed by atoms with E-state index in [1.165, 1.54) is 0 Å². The largest absolute Gasteiger partial charge is 0.495 e. The molecular formula is C20H24BN2O3. The second-order valence-electron chi connectivity index (χ2n) is 7.39. The molecule has 1 N–H and O–H groups in total. The minimum Gasteiger partial charge on any atom is -0.495 e. The first-order valence-corrected chi connectivity index (χ1v) is 8.56. The van der Waals surface area contributed by atoms with Gasteiger partial charge in [-0.25, -0.2) is 4.98 Å². The second kappa shape index (κ2) is 6.78. The van der Waals surface area contributed by atoms with Crippen molar-refractivity contribution < 1.29 is 14.5 Å². The molecule has 0 bridgehead atoms. The molecule has 1 aromatic carbocycles. The predicted molar refractivity (Wildman–Crippen MR) is 104 cm³/mol. The number of nitrogens with zero attached hydrogens (tertiary/aromatic N) is 2. The first-order chi connectivity index (χ1) is 12.2. The zero-order valence-corrected chi connectivity index (χ0v) is 15.9. The van der Waals surface area contributed by atoms with Crippen molar-refractivity contribution in [2.24, 2.45) is 0 Å². The van der Waals surface area contributed by atoms with E-state index in [2.05, 4.69) is 4.98 Å². The Morgan fingerprint density at radius 2 is 1.69 bits per heavy atom. The summed E-state index contributed by atoms with van der Waals surface area (Å²) in [4.78, 5) is 4.64. The molecular weight excluding hydrogens is 327 g/mol. The smallest absolute Gasteiger partial charge is 0.330 e. The van der Waals surface area contributed by atoms with Crippen molar-refractivity contribution in [1.82, 2.24) is 9.38 Å². The quantitative estimate of drug-likeness (QED) is 0.694. The van der Waals surface area contributed by atoms with Crippen LogP contribution in [0, 0.1) is 0 Å². The molecule has 1 radical (unpaired) electrons. The van der Waals surface area contributed by atoms with Crippen LogP contribution in [0.25, 0.3) is 16.9 Å². The summed E-state index contributed by atoms with van der Waals surface area (Å²) in [7, 11) is 3.33. The standard InChI is InChI=1S/C20H24BN2O3/c1-19(2,24)20(3,4)26-21-15-8-6-14(7-9-15)17-13-23-12-16(25-5)10-11-18(23)22-17/h6-13,24H,1-5H3. The highest BCUT2D eigenvalue weighted by molar-refractivity contribution is 6.47. The first-order valence-electron chi connectivity index (χ1n) is 8.56. The van der Waals surface area contributed by atoms with Gasteiger partial charge in [-0.15, -0.1) is 0 Å². The molecule has 0 saturated heterocycles. The Labute approximate surface area is 154 Å². The molecule has 6 heteroatoms. The fourth-order valence-corrected chi connectivity index (χ4v) is 2.32. The molecule has 3 rings (SSSR count). The van der Waals surface area contributed by atoms with Gasteiger partial charge in [-0.1, -0.05) is 29.7 Å². The molecule has 26 heavy (non-hydrogen) atoms.